The van der Waals surface area contributed by atoms with E-state index in [-0.39, 0.29) is 24.0 Å². The Balaban J connectivity index is 0.00000256. The van der Waals surface area contributed by atoms with Gasteiger partial charge in [-0.25, -0.2) is 0 Å². The zero-order valence-electron chi connectivity index (χ0n) is 10.9. The molecule has 0 saturated carbocycles. The number of aliphatic imine (C=N–C) groups is 1. The van der Waals surface area contributed by atoms with E-state index in [0.29, 0.717) is 6.04 Å². The number of nitrogens with zero attached hydrogens (tertiary/aromatic N) is 1. The number of hydrogen-bond donors (Lipinski definition) is 2. The second-order valence-corrected chi connectivity index (χ2v) is 4.91. The fourth-order valence-corrected chi connectivity index (χ4v) is 2.13. The van der Waals surface area contributed by atoms with Gasteiger partial charge in [-0.2, -0.15) is 0 Å². The highest BCUT2D eigenvalue weighted by molar-refractivity contribution is 14.0. The first kappa shape index (κ1) is 16.7. The highest BCUT2D eigenvalue weighted by Gasteiger charge is 2.04. The van der Waals surface area contributed by atoms with Crippen LogP contribution in [0, 0.1) is 6.92 Å². The molecule has 0 aliphatic carbocycles. The van der Waals surface area contributed by atoms with Crippen LogP contribution < -0.4 is 10.6 Å². The van der Waals surface area contributed by atoms with Crippen LogP contribution in [-0.4, -0.2) is 19.0 Å². The van der Waals surface area contributed by atoms with Gasteiger partial charge in [0.25, 0.3) is 0 Å². The van der Waals surface area contributed by atoms with Crippen LogP contribution in [0.4, 0.5) is 0 Å². The van der Waals surface area contributed by atoms with Crippen molar-refractivity contribution in [3.8, 4) is 0 Å². The molecule has 0 saturated heterocycles. The van der Waals surface area contributed by atoms with Gasteiger partial charge < -0.3 is 10.6 Å². The summed E-state index contributed by atoms with van der Waals surface area (Å²) in [4.78, 5) is 5.57. The summed E-state index contributed by atoms with van der Waals surface area (Å²) in [6, 6.07) is 2.60. The molecule has 98 valence electrons. The molecule has 0 spiro atoms. The topological polar surface area (TPSA) is 36.4 Å². The van der Waals surface area contributed by atoms with Crippen molar-refractivity contribution >= 4 is 41.3 Å². The Hall–Kier alpha value is -0.300. The molecule has 0 bridgehead atoms. The Morgan fingerprint density at radius 1 is 1.53 bits per heavy atom. The summed E-state index contributed by atoms with van der Waals surface area (Å²) in [5.74, 6) is 0.877. The van der Waals surface area contributed by atoms with Crippen LogP contribution in [0.25, 0.3) is 0 Å². The predicted octanol–water partition coefficient (Wildman–Crippen LogP) is 3.14. The molecule has 0 aromatic carbocycles. The third-order valence-electron chi connectivity index (χ3n) is 2.60. The van der Waals surface area contributed by atoms with Gasteiger partial charge in [0.2, 0.25) is 0 Å². The Morgan fingerprint density at radius 2 is 2.24 bits per heavy atom. The average Bonchev–Trinajstić information content (AvgIpc) is 2.69. The van der Waals surface area contributed by atoms with E-state index in [1.165, 1.54) is 10.4 Å². The molecule has 3 nitrogen and oxygen atoms in total. The van der Waals surface area contributed by atoms with Gasteiger partial charge in [0.15, 0.2) is 5.96 Å². The van der Waals surface area contributed by atoms with Crippen LogP contribution in [0.3, 0.4) is 0 Å². The highest BCUT2D eigenvalue weighted by Crippen LogP contribution is 2.14. The summed E-state index contributed by atoms with van der Waals surface area (Å²) in [6.45, 7) is 7.30. The van der Waals surface area contributed by atoms with Crippen LogP contribution in [0.1, 0.15) is 30.7 Å². The van der Waals surface area contributed by atoms with Crippen molar-refractivity contribution in [3.63, 3.8) is 0 Å². The second-order valence-electron chi connectivity index (χ2n) is 3.91. The lowest BCUT2D eigenvalue weighted by Gasteiger charge is -2.16. The normalized spacial score (nSPS) is 12.8. The maximum absolute atomic E-state index is 4.20. The number of thiophene rings is 1. The predicted molar refractivity (Wildman–Crippen MR) is 87.6 cm³/mol. The van der Waals surface area contributed by atoms with Crippen molar-refractivity contribution in [2.75, 3.05) is 7.05 Å². The van der Waals surface area contributed by atoms with E-state index >= 15 is 0 Å². The third-order valence-corrected chi connectivity index (χ3v) is 3.63. The molecule has 0 radical (unpaired) electrons. The molecule has 1 atom stereocenters. The molecule has 2 N–H and O–H groups in total. The average molecular weight is 367 g/mol. The standard InChI is InChI=1S/C12H21N3S.HI/c1-5-10(3)15-12(13-4)14-8-11-9(2)6-7-16-11;/h6-7,10H,5,8H2,1-4H3,(H2,13,14,15);1H. The van der Waals surface area contributed by atoms with Crippen LogP contribution >= 0.6 is 35.3 Å². The summed E-state index contributed by atoms with van der Waals surface area (Å²) in [5, 5.41) is 8.79. The fourth-order valence-electron chi connectivity index (χ4n) is 1.28. The van der Waals surface area contributed by atoms with Gasteiger partial charge in [-0.05, 0) is 37.3 Å². The Morgan fingerprint density at radius 3 is 2.71 bits per heavy atom. The molecule has 17 heavy (non-hydrogen) atoms. The van der Waals surface area contributed by atoms with Crippen molar-refractivity contribution in [1.82, 2.24) is 10.6 Å². The molecule has 0 amide bonds. The van der Waals surface area contributed by atoms with Crippen molar-refractivity contribution in [3.05, 3.63) is 21.9 Å². The SMILES string of the molecule is CCC(C)NC(=NC)NCc1sccc1C.I. The molecule has 1 unspecified atom stereocenters. The monoisotopic (exact) mass is 367 g/mol. The number of rotatable bonds is 4. The lowest BCUT2D eigenvalue weighted by molar-refractivity contribution is 0.624. The quantitative estimate of drug-likeness (QED) is 0.487. The maximum Gasteiger partial charge on any atom is 0.191 e. The fraction of sp³-hybridized carbons (Fsp3) is 0.583. The van der Waals surface area contributed by atoms with E-state index < -0.39 is 0 Å². The zero-order chi connectivity index (χ0) is 12.0. The first-order valence-corrected chi connectivity index (χ1v) is 6.55. The van der Waals surface area contributed by atoms with Gasteiger partial charge in [0.1, 0.15) is 0 Å². The molecular weight excluding hydrogens is 345 g/mol. The highest BCUT2D eigenvalue weighted by atomic mass is 127. The van der Waals surface area contributed by atoms with Gasteiger partial charge in [-0.1, -0.05) is 6.92 Å². The Labute approximate surface area is 125 Å². The third kappa shape index (κ3) is 5.72. The van der Waals surface area contributed by atoms with E-state index in [1.807, 2.05) is 0 Å². The summed E-state index contributed by atoms with van der Waals surface area (Å²) in [6.07, 6.45) is 1.10. The van der Waals surface area contributed by atoms with E-state index in [0.717, 1.165) is 18.9 Å². The van der Waals surface area contributed by atoms with E-state index in [1.54, 1.807) is 18.4 Å². The Kier molecular flexibility index (Phi) is 8.59. The first-order valence-electron chi connectivity index (χ1n) is 5.67. The summed E-state index contributed by atoms with van der Waals surface area (Å²) in [5.41, 5.74) is 1.34. The number of guanidine groups is 1. The van der Waals surface area contributed by atoms with Crippen LogP contribution in [-0.2, 0) is 6.54 Å². The van der Waals surface area contributed by atoms with Crippen molar-refractivity contribution in [2.24, 2.45) is 4.99 Å². The Bertz CT molecular complexity index is 349. The smallest absolute Gasteiger partial charge is 0.191 e. The van der Waals surface area contributed by atoms with Crippen molar-refractivity contribution < 1.29 is 0 Å². The largest absolute Gasteiger partial charge is 0.354 e. The number of nitrogens with one attached hydrogen (secondary N) is 2. The molecule has 5 heteroatoms. The second kappa shape index (κ2) is 8.74. The van der Waals surface area contributed by atoms with Crippen molar-refractivity contribution in [2.45, 2.75) is 39.8 Å². The first-order chi connectivity index (χ1) is 7.67. The molecule has 0 aliphatic heterocycles. The van der Waals surface area contributed by atoms with Crippen LogP contribution in [0.5, 0.6) is 0 Å². The van der Waals surface area contributed by atoms with Crippen LogP contribution in [0.2, 0.25) is 0 Å². The van der Waals surface area contributed by atoms with Gasteiger partial charge in [-0.3, -0.25) is 4.99 Å². The summed E-state index contributed by atoms with van der Waals surface area (Å²) >= 11 is 1.78. The van der Waals surface area contributed by atoms with E-state index in [4.69, 9.17) is 0 Å². The minimum absolute atomic E-state index is 0. The summed E-state index contributed by atoms with van der Waals surface area (Å²) in [7, 11) is 1.80. The van der Waals surface area contributed by atoms with Gasteiger partial charge in [-0.15, -0.1) is 35.3 Å². The molecule has 1 aromatic rings. The molecular formula is C12H22IN3S. The van der Waals surface area contributed by atoms with Gasteiger partial charge >= 0.3 is 0 Å². The molecule has 0 fully saturated rings. The number of aryl methyl sites for hydroxylation is 1. The lowest BCUT2D eigenvalue weighted by Crippen LogP contribution is -2.41. The molecule has 1 aromatic heterocycles. The lowest BCUT2D eigenvalue weighted by atomic mass is 10.3. The molecule has 1 rings (SSSR count). The zero-order valence-corrected chi connectivity index (χ0v) is 14.1. The van der Waals surface area contributed by atoms with Crippen molar-refractivity contribution in [1.29, 1.82) is 0 Å². The minimum Gasteiger partial charge on any atom is -0.354 e. The number of halogens is 1. The summed E-state index contributed by atoms with van der Waals surface area (Å²) < 4.78 is 0. The minimum atomic E-state index is 0. The number of hydrogen-bond acceptors (Lipinski definition) is 2. The van der Waals surface area contributed by atoms with Gasteiger partial charge in [0, 0.05) is 18.0 Å². The molecule has 1 heterocycles. The van der Waals surface area contributed by atoms with E-state index in [2.05, 4.69) is 47.8 Å². The van der Waals surface area contributed by atoms with E-state index in [9.17, 15) is 0 Å². The molecule has 0 aliphatic rings. The van der Waals surface area contributed by atoms with Crippen LogP contribution in [0.15, 0.2) is 16.4 Å². The van der Waals surface area contributed by atoms with Gasteiger partial charge in [0.05, 0.1) is 6.54 Å². The maximum atomic E-state index is 4.20.